The van der Waals surface area contributed by atoms with Gasteiger partial charge in [-0.25, -0.2) is 9.37 Å². The Bertz CT molecular complexity index is 1270. The second kappa shape index (κ2) is 7.33. The largest absolute Gasteiger partial charge is 0.436 e. The number of benzene rings is 3. The van der Waals surface area contributed by atoms with E-state index < -0.39 is 16.6 Å². The molecule has 144 valence electrons. The van der Waals surface area contributed by atoms with Gasteiger partial charge < -0.3 is 9.73 Å². The number of carbonyl (C=O) groups excluding carboxylic acids is 1. The summed E-state index contributed by atoms with van der Waals surface area (Å²) in [4.78, 5) is 27.0. The van der Waals surface area contributed by atoms with Crippen LogP contribution in [0.4, 0.5) is 15.8 Å². The molecule has 0 radical (unpaired) electrons. The van der Waals surface area contributed by atoms with E-state index in [1.165, 1.54) is 24.3 Å². The Morgan fingerprint density at radius 1 is 1.14 bits per heavy atom. The van der Waals surface area contributed by atoms with Gasteiger partial charge in [0, 0.05) is 23.4 Å². The fraction of sp³-hybridized carbons (Fsp3) is 0. The summed E-state index contributed by atoms with van der Waals surface area (Å²) in [5, 5.41) is 13.4. The van der Waals surface area contributed by atoms with Crippen LogP contribution in [0.1, 0.15) is 10.4 Å². The molecule has 0 unspecified atom stereocenters. The Morgan fingerprint density at radius 3 is 2.69 bits per heavy atom. The van der Waals surface area contributed by atoms with Gasteiger partial charge in [-0.3, -0.25) is 14.9 Å². The van der Waals surface area contributed by atoms with Gasteiger partial charge in [0.05, 0.1) is 15.5 Å². The third-order valence-corrected chi connectivity index (χ3v) is 4.44. The van der Waals surface area contributed by atoms with Crippen LogP contribution < -0.4 is 5.32 Å². The molecule has 0 saturated carbocycles. The quantitative estimate of drug-likeness (QED) is 0.355. The lowest BCUT2D eigenvalue weighted by Gasteiger charge is -2.06. The average Bonchev–Trinajstić information content (AvgIpc) is 3.11. The van der Waals surface area contributed by atoms with E-state index in [0.29, 0.717) is 22.4 Å². The highest BCUT2D eigenvalue weighted by molar-refractivity contribution is 6.34. The topological polar surface area (TPSA) is 98.3 Å². The normalized spacial score (nSPS) is 10.8. The summed E-state index contributed by atoms with van der Waals surface area (Å²) in [5.74, 6) is -0.683. The number of nitrogens with one attached hydrogen (secondary N) is 1. The number of nitro benzene ring substituents is 1. The summed E-state index contributed by atoms with van der Waals surface area (Å²) < 4.78 is 19.0. The molecule has 1 amide bonds. The number of nitrogens with zero attached hydrogens (tertiary/aromatic N) is 2. The molecule has 3 aromatic carbocycles. The molecule has 0 atom stereocenters. The minimum atomic E-state index is -0.595. The molecule has 0 aliphatic rings. The number of amides is 1. The molecule has 1 aromatic heterocycles. The van der Waals surface area contributed by atoms with Crippen molar-refractivity contribution in [2.45, 2.75) is 0 Å². The van der Waals surface area contributed by atoms with Gasteiger partial charge in [-0.1, -0.05) is 17.7 Å². The summed E-state index contributed by atoms with van der Waals surface area (Å²) in [6.07, 6.45) is 0. The molecule has 9 heteroatoms. The van der Waals surface area contributed by atoms with Crippen LogP contribution in [0.2, 0.25) is 5.02 Å². The first-order valence-corrected chi connectivity index (χ1v) is 8.70. The Morgan fingerprint density at radius 2 is 1.97 bits per heavy atom. The first-order valence-electron chi connectivity index (χ1n) is 8.32. The molecule has 4 aromatic rings. The van der Waals surface area contributed by atoms with Crippen molar-refractivity contribution >= 4 is 40.0 Å². The highest BCUT2D eigenvalue weighted by Crippen LogP contribution is 2.28. The fourth-order valence-corrected chi connectivity index (χ4v) is 3.01. The molecule has 0 fully saturated rings. The first-order chi connectivity index (χ1) is 13.9. The number of fused-ring (bicyclic) bond motifs is 1. The van der Waals surface area contributed by atoms with Crippen LogP contribution in [0, 0.1) is 15.9 Å². The van der Waals surface area contributed by atoms with E-state index in [9.17, 15) is 19.3 Å². The fourth-order valence-electron chi connectivity index (χ4n) is 2.75. The predicted octanol–water partition coefficient (Wildman–Crippen LogP) is 5.45. The maximum atomic E-state index is 13.4. The molecule has 0 spiro atoms. The zero-order chi connectivity index (χ0) is 20.5. The molecule has 29 heavy (non-hydrogen) atoms. The van der Waals surface area contributed by atoms with Gasteiger partial charge in [0.1, 0.15) is 11.3 Å². The molecule has 1 N–H and O–H groups in total. The number of halogens is 2. The SMILES string of the molecule is O=C(Nc1ccc2oc(-c3cccc(F)c3)nc2c1)c1ccc([N+](=O)[O-])cc1Cl. The number of rotatable bonds is 4. The predicted molar refractivity (Wildman–Crippen MR) is 105 cm³/mol. The number of hydrogen-bond acceptors (Lipinski definition) is 5. The second-order valence-corrected chi connectivity index (χ2v) is 6.49. The summed E-state index contributed by atoms with van der Waals surface area (Å²) in [6, 6.07) is 14.3. The number of oxazole rings is 1. The van der Waals surface area contributed by atoms with Crippen LogP contribution in [-0.4, -0.2) is 15.8 Å². The molecule has 7 nitrogen and oxygen atoms in total. The van der Waals surface area contributed by atoms with Crippen molar-refractivity contribution in [3.63, 3.8) is 0 Å². The Labute approximate surface area is 167 Å². The zero-order valence-electron chi connectivity index (χ0n) is 14.6. The lowest BCUT2D eigenvalue weighted by Crippen LogP contribution is -2.12. The number of nitro groups is 1. The van der Waals surface area contributed by atoms with Crippen LogP contribution in [0.25, 0.3) is 22.6 Å². The van der Waals surface area contributed by atoms with Gasteiger partial charge in [0.15, 0.2) is 5.58 Å². The van der Waals surface area contributed by atoms with Crippen molar-refractivity contribution in [3.05, 3.63) is 87.2 Å². The molecule has 0 aliphatic heterocycles. The van der Waals surface area contributed by atoms with Crippen LogP contribution in [-0.2, 0) is 0 Å². The van der Waals surface area contributed by atoms with Crippen LogP contribution in [0.15, 0.2) is 65.1 Å². The number of carbonyl (C=O) groups is 1. The third-order valence-electron chi connectivity index (χ3n) is 4.13. The van der Waals surface area contributed by atoms with Gasteiger partial charge in [-0.2, -0.15) is 0 Å². The minimum Gasteiger partial charge on any atom is -0.436 e. The number of anilines is 1. The van der Waals surface area contributed by atoms with E-state index in [4.69, 9.17) is 16.0 Å². The Kier molecular flexibility index (Phi) is 4.69. The molecule has 0 aliphatic carbocycles. The second-order valence-electron chi connectivity index (χ2n) is 6.09. The number of non-ortho nitro benzene ring substituents is 1. The molecular weight excluding hydrogens is 401 g/mol. The first kappa shape index (κ1) is 18.6. The third kappa shape index (κ3) is 3.78. The Balaban J connectivity index is 1.60. The van der Waals surface area contributed by atoms with Crippen LogP contribution in [0.3, 0.4) is 0 Å². The van der Waals surface area contributed by atoms with Gasteiger partial charge in [0.25, 0.3) is 11.6 Å². The maximum Gasteiger partial charge on any atom is 0.270 e. The summed E-state index contributed by atoms with van der Waals surface area (Å²) in [5.41, 5.74) is 1.74. The minimum absolute atomic E-state index is 0.0346. The van der Waals surface area contributed by atoms with Crippen LogP contribution >= 0.6 is 11.6 Å². The molecule has 4 rings (SSSR count). The van der Waals surface area contributed by atoms with E-state index in [1.54, 1.807) is 30.3 Å². The molecule has 1 heterocycles. The summed E-state index contributed by atoms with van der Waals surface area (Å²) in [7, 11) is 0. The van der Waals surface area contributed by atoms with Gasteiger partial charge in [-0.05, 0) is 42.5 Å². The average molecular weight is 412 g/mol. The van der Waals surface area contributed by atoms with Crippen molar-refractivity contribution in [3.8, 4) is 11.5 Å². The monoisotopic (exact) mass is 411 g/mol. The highest BCUT2D eigenvalue weighted by atomic mass is 35.5. The van der Waals surface area contributed by atoms with Gasteiger partial charge in [0.2, 0.25) is 5.89 Å². The van der Waals surface area contributed by atoms with Crippen molar-refractivity contribution in [1.82, 2.24) is 4.98 Å². The standard InChI is InChI=1S/C20H11ClFN3O4/c21-16-10-14(25(27)28)5-6-15(16)19(26)23-13-4-7-18-17(9-13)24-20(29-18)11-2-1-3-12(22)8-11/h1-10H,(H,23,26). The molecular formula is C20H11ClFN3O4. The number of aromatic nitrogens is 1. The van der Waals surface area contributed by atoms with Crippen molar-refractivity contribution in [2.24, 2.45) is 0 Å². The van der Waals surface area contributed by atoms with Gasteiger partial charge in [-0.15, -0.1) is 0 Å². The summed E-state index contributed by atoms with van der Waals surface area (Å²) in [6.45, 7) is 0. The Hall–Kier alpha value is -3.78. The van der Waals surface area contributed by atoms with Crippen molar-refractivity contribution in [2.75, 3.05) is 5.32 Å². The van der Waals surface area contributed by atoms with E-state index in [1.807, 2.05) is 0 Å². The molecule has 0 bridgehead atoms. The van der Waals surface area contributed by atoms with Crippen molar-refractivity contribution < 1.29 is 18.5 Å². The highest BCUT2D eigenvalue weighted by Gasteiger charge is 2.16. The lowest BCUT2D eigenvalue weighted by molar-refractivity contribution is -0.384. The van der Waals surface area contributed by atoms with E-state index in [0.717, 1.165) is 6.07 Å². The smallest absolute Gasteiger partial charge is 0.270 e. The van der Waals surface area contributed by atoms with E-state index in [2.05, 4.69) is 10.3 Å². The van der Waals surface area contributed by atoms with Crippen molar-refractivity contribution in [1.29, 1.82) is 0 Å². The van der Waals surface area contributed by atoms with Crippen LogP contribution in [0.5, 0.6) is 0 Å². The summed E-state index contributed by atoms with van der Waals surface area (Å²) >= 11 is 5.99. The van der Waals surface area contributed by atoms with Gasteiger partial charge >= 0.3 is 0 Å². The lowest BCUT2D eigenvalue weighted by atomic mass is 10.2. The number of hydrogen-bond donors (Lipinski definition) is 1. The van der Waals surface area contributed by atoms with E-state index >= 15 is 0 Å². The zero-order valence-corrected chi connectivity index (χ0v) is 15.3. The molecule has 0 saturated heterocycles. The maximum absolute atomic E-state index is 13.4. The van der Waals surface area contributed by atoms with E-state index in [-0.39, 0.29) is 22.2 Å².